The summed E-state index contributed by atoms with van der Waals surface area (Å²) in [5.74, 6) is 1.74. The SMILES string of the molecule is [C-]#[N+]CCCNc1nc(NCCCC)nc(NCCCC)n1. The molecule has 0 aliphatic carbocycles. The summed E-state index contributed by atoms with van der Waals surface area (Å²) in [4.78, 5) is 16.5. The van der Waals surface area contributed by atoms with E-state index in [-0.39, 0.29) is 0 Å². The Morgan fingerprint density at radius 2 is 1.18 bits per heavy atom. The van der Waals surface area contributed by atoms with Gasteiger partial charge in [-0.05, 0) is 12.8 Å². The summed E-state index contributed by atoms with van der Waals surface area (Å²) in [6.45, 7) is 14.0. The summed E-state index contributed by atoms with van der Waals surface area (Å²) in [6, 6.07) is 0. The first kappa shape index (κ1) is 18.0. The number of nitrogens with zero attached hydrogens (tertiary/aromatic N) is 4. The second-order valence-electron chi connectivity index (χ2n) is 5.03. The standard InChI is InChI=1S/C15H27N7/c1-4-6-10-17-13-20-14(18-11-7-5-2)22-15(21-13)19-12-8-9-16-3/h4-12H2,1-2H3,(H3,17,18,19,20,21,22). The fraction of sp³-hybridized carbons (Fsp3) is 0.733. The van der Waals surface area contributed by atoms with Crippen LogP contribution in [-0.2, 0) is 0 Å². The molecular weight excluding hydrogens is 278 g/mol. The van der Waals surface area contributed by atoms with Crippen LogP contribution in [0.25, 0.3) is 4.85 Å². The second kappa shape index (κ2) is 11.5. The minimum absolute atomic E-state index is 0.515. The van der Waals surface area contributed by atoms with Gasteiger partial charge in [0.25, 0.3) is 0 Å². The monoisotopic (exact) mass is 305 g/mol. The molecule has 0 saturated heterocycles. The molecule has 1 aromatic heterocycles. The number of aromatic nitrogens is 3. The third kappa shape index (κ3) is 7.62. The van der Waals surface area contributed by atoms with Crippen molar-refractivity contribution in [2.24, 2.45) is 0 Å². The molecule has 0 aliphatic heterocycles. The first-order valence-corrected chi connectivity index (χ1v) is 8.11. The Morgan fingerprint density at radius 3 is 1.55 bits per heavy atom. The topological polar surface area (TPSA) is 79.1 Å². The van der Waals surface area contributed by atoms with E-state index < -0.39 is 0 Å². The zero-order valence-electron chi connectivity index (χ0n) is 13.7. The Bertz CT molecular complexity index is 427. The van der Waals surface area contributed by atoms with Gasteiger partial charge >= 0.3 is 0 Å². The van der Waals surface area contributed by atoms with Crippen molar-refractivity contribution in [3.63, 3.8) is 0 Å². The quantitative estimate of drug-likeness (QED) is 0.407. The summed E-state index contributed by atoms with van der Waals surface area (Å²) >= 11 is 0. The van der Waals surface area contributed by atoms with Crippen molar-refractivity contribution in [2.75, 3.05) is 42.1 Å². The van der Waals surface area contributed by atoms with Crippen LogP contribution in [0.2, 0.25) is 0 Å². The molecule has 0 amide bonds. The molecule has 0 radical (unpaired) electrons. The highest BCUT2D eigenvalue weighted by Crippen LogP contribution is 2.10. The average molecular weight is 305 g/mol. The molecule has 0 spiro atoms. The van der Waals surface area contributed by atoms with Crippen molar-refractivity contribution >= 4 is 17.8 Å². The van der Waals surface area contributed by atoms with E-state index in [1.54, 1.807) is 0 Å². The van der Waals surface area contributed by atoms with Crippen LogP contribution in [-0.4, -0.2) is 41.1 Å². The molecule has 0 atom stereocenters. The first-order valence-electron chi connectivity index (χ1n) is 8.11. The normalized spacial score (nSPS) is 10.0. The molecule has 0 unspecified atom stereocenters. The van der Waals surface area contributed by atoms with E-state index in [2.05, 4.69) is 49.6 Å². The van der Waals surface area contributed by atoms with E-state index in [4.69, 9.17) is 6.57 Å². The summed E-state index contributed by atoms with van der Waals surface area (Å²) < 4.78 is 0. The van der Waals surface area contributed by atoms with E-state index in [9.17, 15) is 0 Å². The average Bonchev–Trinajstić information content (AvgIpc) is 2.52. The smallest absolute Gasteiger partial charge is 0.229 e. The largest absolute Gasteiger partial charge is 0.354 e. The summed E-state index contributed by atoms with van der Waals surface area (Å²) in [5, 5.41) is 9.61. The van der Waals surface area contributed by atoms with Gasteiger partial charge in [0.2, 0.25) is 24.4 Å². The highest BCUT2D eigenvalue weighted by atomic mass is 15.3. The number of nitrogens with one attached hydrogen (secondary N) is 3. The van der Waals surface area contributed by atoms with Gasteiger partial charge in [0.1, 0.15) is 0 Å². The van der Waals surface area contributed by atoms with Gasteiger partial charge in [-0.1, -0.05) is 26.7 Å². The molecule has 1 aromatic rings. The Labute approximate surface area is 133 Å². The van der Waals surface area contributed by atoms with Gasteiger partial charge in [-0.3, -0.25) is 0 Å². The van der Waals surface area contributed by atoms with Gasteiger partial charge < -0.3 is 20.8 Å². The molecule has 7 heteroatoms. The zero-order chi connectivity index (χ0) is 16.0. The van der Waals surface area contributed by atoms with Crippen LogP contribution >= 0.6 is 0 Å². The third-order valence-corrected chi connectivity index (χ3v) is 2.99. The van der Waals surface area contributed by atoms with E-state index in [1.165, 1.54) is 0 Å². The van der Waals surface area contributed by atoms with Crippen LogP contribution in [0.1, 0.15) is 46.0 Å². The maximum absolute atomic E-state index is 6.78. The van der Waals surface area contributed by atoms with Crippen molar-refractivity contribution in [3.05, 3.63) is 11.4 Å². The van der Waals surface area contributed by atoms with Gasteiger partial charge in [0.15, 0.2) is 0 Å². The second-order valence-corrected chi connectivity index (χ2v) is 5.03. The predicted molar refractivity (Wildman–Crippen MR) is 91.2 cm³/mol. The molecule has 0 bridgehead atoms. The molecule has 1 rings (SSSR count). The van der Waals surface area contributed by atoms with Gasteiger partial charge in [0.05, 0.1) is 0 Å². The van der Waals surface area contributed by atoms with Crippen molar-refractivity contribution in [3.8, 4) is 0 Å². The number of hydrogen-bond acceptors (Lipinski definition) is 6. The van der Waals surface area contributed by atoms with Crippen molar-refractivity contribution < 1.29 is 0 Å². The van der Waals surface area contributed by atoms with Crippen molar-refractivity contribution in [1.29, 1.82) is 0 Å². The molecule has 0 fully saturated rings. The molecule has 7 nitrogen and oxygen atoms in total. The maximum Gasteiger partial charge on any atom is 0.229 e. The third-order valence-electron chi connectivity index (χ3n) is 2.99. The van der Waals surface area contributed by atoms with Crippen LogP contribution in [0.15, 0.2) is 0 Å². The van der Waals surface area contributed by atoms with Crippen LogP contribution in [0.3, 0.4) is 0 Å². The molecule has 22 heavy (non-hydrogen) atoms. The fourth-order valence-corrected chi connectivity index (χ4v) is 1.73. The Balaban J connectivity index is 2.64. The minimum atomic E-state index is 0.515. The van der Waals surface area contributed by atoms with E-state index >= 15 is 0 Å². The van der Waals surface area contributed by atoms with Gasteiger partial charge in [0, 0.05) is 26.1 Å². The summed E-state index contributed by atoms with van der Waals surface area (Å²) in [7, 11) is 0. The Morgan fingerprint density at radius 1 is 0.773 bits per heavy atom. The zero-order valence-corrected chi connectivity index (χ0v) is 13.7. The molecule has 0 aliphatic rings. The van der Waals surface area contributed by atoms with Crippen molar-refractivity contribution in [2.45, 2.75) is 46.0 Å². The molecule has 1 heterocycles. The minimum Gasteiger partial charge on any atom is -0.354 e. The lowest BCUT2D eigenvalue weighted by molar-refractivity contribution is 0.814. The van der Waals surface area contributed by atoms with Crippen LogP contribution in [0, 0.1) is 6.57 Å². The van der Waals surface area contributed by atoms with Gasteiger partial charge in [-0.2, -0.15) is 15.0 Å². The molecular formula is C15H27N7. The lowest BCUT2D eigenvalue weighted by Gasteiger charge is -2.10. The molecule has 0 saturated carbocycles. The van der Waals surface area contributed by atoms with Gasteiger partial charge in [-0.15, -0.1) is 0 Å². The highest BCUT2D eigenvalue weighted by molar-refractivity contribution is 5.42. The first-order chi connectivity index (χ1) is 10.8. The Kier molecular flexibility index (Phi) is 9.42. The fourth-order valence-electron chi connectivity index (χ4n) is 1.73. The number of rotatable bonds is 12. The lowest BCUT2D eigenvalue weighted by atomic mass is 10.3. The highest BCUT2D eigenvalue weighted by Gasteiger charge is 2.06. The molecule has 122 valence electrons. The van der Waals surface area contributed by atoms with Crippen LogP contribution in [0.4, 0.5) is 17.8 Å². The summed E-state index contributed by atoms with van der Waals surface area (Å²) in [6.07, 6.45) is 5.20. The van der Waals surface area contributed by atoms with E-state index in [0.29, 0.717) is 30.9 Å². The van der Waals surface area contributed by atoms with Gasteiger partial charge in [-0.25, -0.2) is 6.57 Å². The lowest BCUT2D eigenvalue weighted by Crippen LogP contribution is -2.14. The van der Waals surface area contributed by atoms with Crippen LogP contribution in [0.5, 0.6) is 0 Å². The van der Waals surface area contributed by atoms with Crippen LogP contribution < -0.4 is 16.0 Å². The predicted octanol–water partition coefficient (Wildman–Crippen LogP) is 3.02. The number of unbranched alkanes of at least 4 members (excludes halogenated alkanes) is 2. The Hall–Kier alpha value is -2.10. The maximum atomic E-state index is 6.78. The summed E-state index contributed by atoms with van der Waals surface area (Å²) in [5.41, 5.74) is 0. The number of anilines is 3. The molecule has 3 N–H and O–H groups in total. The van der Waals surface area contributed by atoms with E-state index in [0.717, 1.165) is 45.2 Å². The molecule has 0 aromatic carbocycles. The van der Waals surface area contributed by atoms with Crippen molar-refractivity contribution in [1.82, 2.24) is 15.0 Å². The number of hydrogen-bond donors (Lipinski definition) is 3. The van der Waals surface area contributed by atoms with E-state index in [1.807, 2.05) is 0 Å².